The Morgan fingerprint density at radius 3 is 2.44 bits per heavy atom. The van der Waals surface area contributed by atoms with Gasteiger partial charge in [-0.25, -0.2) is 8.42 Å². The van der Waals surface area contributed by atoms with Crippen LogP contribution in [0.15, 0.2) is 12.1 Å². The number of halogens is 1. The van der Waals surface area contributed by atoms with Crippen molar-refractivity contribution < 1.29 is 8.42 Å². The summed E-state index contributed by atoms with van der Waals surface area (Å²) in [7, 11) is -3.06. The first-order valence-electron chi connectivity index (χ1n) is 5.84. The summed E-state index contributed by atoms with van der Waals surface area (Å²) in [5.74, 6) is 0.153. The van der Waals surface area contributed by atoms with Crippen molar-refractivity contribution in [2.24, 2.45) is 0 Å². The quantitative estimate of drug-likeness (QED) is 0.908. The van der Waals surface area contributed by atoms with Gasteiger partial charge in [-0.1, -0.05) is 11.6 Å². The molecule has 0 aromatic carbocycles. The zero-order chi connectivity index (χ0) is 14.0. The second kappa shape index (κ2) is 5.90. The minimum Gasteiger partial charge on any atom is -0.308 e. The summed E-state index contributed by atoms with van der Waals surface area (Å²) in [4.78, 5) is 1.12. The molecule has 1 aromatic rings. The molecule has 18 heavy (non-hydrogen) atoms. The summed E-state index contributed by atoms with van der Waals surface area (Å²) in [5.41, 5.74) is 0. The van der Waals surface area contributed by atoms with E-state index in [9.17, 15) is 8.42 Å². The molecule has 0 bridgehead atoms. The van der Waals surface area contributed by atoms with Gasteiger partial charge in [-0.2, -0.15) is 0 Å². The van der Waals surface area contributed by atoms with Gasteiger partial charge in [0.15, 0.2) is 9.84 Å². The number of rotatable bonds is 5. The Hall–Kier alpha value is -0.100. The normalized spacial score (nSPS) is 14.7. The van der Waals surface area contributed by atoms with Crippen molar-refractivity contribution in [3.8, 4) is 0 Å². The zero-order valence-corrected chi connectivity index (χ0v) is 13.5. The molecule has 104 valence electrons. The summed E-state index contributed by atoms with van der Waals surface area (Å²) in [6, 6.07) is 3.94. The van der Waals surface area contributed by atoms with E-state index in [1.165, 1.54) is 11.3 Å². The number of thiophene rings is 1. The van der Waals surface area contributed by atoms with Crippen LogP contribution in [0.3, 0.4) is 0 Å². The topological polar surface area (TPSA) is 46.2 Å². The van der Waals surface area contributed by atoms with Crippen molar-refractivity contribution in [1.82, 2.24) is 5.32 Å². The zero-order valence-electron chi connectivity index (χ0n) is 11.2. The molecule has 1 rings (SSSR count). The minimum absolute atomic E-state index is 0.123. The van der Waals surface area contributed by atoms with E-state index in [-0.39, 0.29) is 11.8 Å². The molecule has 0 spiro atoms. The average Bonchev–Trinajstić information content (AvgIpc) is 2.62. The van der Waals surface area contributed by atoms with E-state index in [1.807, 2.05) is 19.1 Å². The summed E-state index contributed by atoms with van der Waals surface area (Å²) >= 11 is 7.38. The molecule has 0 aliphatic heterocycles. The van der Waals surface area contributed by atoms with Gasteiger partial charge >= 0.3 is 0 Å². The molecule has 1 heterocycles. The van der Waals surface area contributed by atoms with Gasteiger partial charge in [0.25, 0.3) is 0 Å². The maximum atomic E-state index is 11.9. The van der Waals surface area contributed by atoms with Crippen molar-refractivity contribution in [3.63, 3.8) is 0 Å². The third-order valence-corrected chi connectivity index (χ3v) is 6.80. The molecule has 1 aromatic heterocycles. The first kappa shape index (κ1) is 16.0. The molecule has 3 nitrogen and oxygen atoms in total. The van der Waals surface area contributed by atoms with E-state index in [2.05, 4.69) is 5.32 Å². The summed E-state index contributed by atoms with van der Waals surface area (Å²) in [6.07, 6.45) is 0. The summed E-state index contributed by atoms with van der Waals surface area (Å²) < 4.78 is 23.9. The lowest BCUT2D eigenvalue weighted by Gasteiger charge is -2.20. The Morgan fingerprint density at radius 2 is 2.00 bits per heavy atom. The van der Waals surface area contributed by atoms with Gasteiger partial charge in [0.1, 0.15) is 0 Å². The minimum atomic E-state index is -3.06. The molecule has 0 radical (unpaired) electrons. The Morgan fingerprint density at radius 1 is 1.39 bits per heavy atom. The van der Waals surface area contributed by atoms with Crippen molar-refractivity contribution in [3.05, 3.63) is 21.3 Å². The molecule has 1 atom stereocenters. The van der Waals surface area contributed by atoms with Crippen molar-refractivity contribution in [2.75, 3.05) is 12.3 Å². The second-order valence-corrected chi connectivity index (χ2v) is 9.86. The Kier molecular flexibility index (Phi) is 5.23. The van der Waals surface area contributed by atoms with Crippen LogP contribution < -0.4 is 5.32 Å². The van der Waals surface area contributed by atoms with Crippen LogP contribution in [0.4, 0.5) is 0 Å². The van der Waals surface area contributed by atoms with Crippen LogP contribution in [0.5, 0.6) is 0 Å². The number of sulfone groups is 1. The monoisotopic (exact) mass is 309 g/mol. The van der Waals surface area contributed by atoms with E-state index in [4.69, 9.17) is 11.6 Å². The SMILES string of the molecule is CC(NCCS(=O)(=O)C(C)(C)C)c1ccc(Cl)s1. The lowest BCUT2D eigenvalue weighted by atomic mass is 10.3. The van der Waals surface area contributed by atoms with Crippen molar-refractivity contribution in [2.45, 2.75) is 38.5 Å². The molecular formula is C12H20ClNO2S2. The highest BCUT2D eigenvalue weighted by molar-refractivity contribution is 7.92. The van der Waals surface area contributed by atoms with E-state index in [0.29, 0.717) is 6.54 Å². The van der Waals surface area contributed by atoms with Crippen molar-refractivity contribution >= 4 is 32.8 Å². The fraction of sp³-hybridized carbons (Fsp3) is 0.667. The van der Waals surface area contributed by atoms with Crippen LogP contribution in [0.1, 0.15) is 38.6 Å². The predicted octanol–water partition coefficient (Wildman–Crippen LogP) is 3.27. The molecule has 0 amide bonds. The van der Waals surface area contributed by atoms with Crippen molar-refractivity contribution in [1.29, 1.82) is 0 Å². The molecule has 1 unspecified atom stereocenters. The molecule has 0 saturated carbocycles. The first-order valence-corrected chi connectivity index (χ1v) is 8.69. The molecule has 0 fully saturated rings. The fourth-order valence-electron chi connectivity index (χ4n) is 1.38. The maximum absolute atomic E-state index is 11.9. The second-order valence-electron chi connectivity index (χ2n) is 5.25. The number of hydrogen-bond donors (Lipinski definition) is 1. The highest BCUT2D eigenvalue weighted by atomic mass is 35.5. The summed E-state index contributed by atoms with van der Waals surface area (Å²) in [5, 5.41) is 3.21. The number of nitrogens with one attached hydrogen (secondary N) is 1. The van der Waals surface area contributed by atoms with Gasteiger partial charge in [-0.15, -0.1) is 11.3 Å². The molecule has 0 aliphatic carbocycles. The van der Waals surface area contributed by atoms with E-state index in [0.717, 1.165) is 9.21 Å². The van der Waals surface area contributed by atoms with E-state index >= 15 is 0 Å². The number of hydrogen-bond acceptors (Lipinski definition) is 4. The van der Waals surface area contributed by atoms with Gasteiger partial charge in [-0.3, -0.25) is 0 Å². The third-order valence-electron chi connectivity index (χ3n) is 2.78. The van der Waals surface area contributed by atoms with Gasteiger partial charge < -0.3 is 5.32 Å². The highest BCUT2D eigenvalue weighted by Crippen LogP contribution is 2.26. The van der Waals surface area contributed by atoms with Crippen LogP contribution in [0.2, 0.25) is 4.34 Å². The van der Waals surface area contributed by atoms with Crippen LogP contribution in [0, 0.1) is 0 Å². The maximum Gasteiger partial charge on any atom is 0.156 e. The van der Waals surface area contributed by atoms with Crippen LogP contribution in [-0.2, 0) is 9.84 Å². The lowest BCUT2D eigenvalue weighted by Crippen LogP contribution is -2.35. The van der Waals surface area contributed by atoms with E-state index < -0.39 is 14.6 Å². The Labute approximate surface area is 118 Å². The molecular weight excluding hydrogens is 290 g/mol. The van der Waals surface area contributed by atoms with E-state index in [1.54, 1.807) is 20.8 Å². The molecule has 6 heteroatoms. The standard InChI is InChI=1S/C12H20ClNO2S2/c1-9(10-5-6-11(13)17-10)14-7-8-18(15,16)12(2,3)4/h5-6,9,14H,7-8H2,1-4H3. The Bertz CT molecular complexity index is 488. The molecule has 1 N–H and O–H groups in total. The van der Waals surface area contributed by atoms with Gasteiger partial charge in [0.05, 0.1) is 14.8 Å². The summed E-state index contributed by atoms with van der Waals surface area (Å²) in [6.45, 7) is 7.64. The molecule has 0 aliphatic rings. The average molecular weight is 310 g/mol. The lowest BCUT2D eigenvalue weighted by molar-refractivity contribution is 0.548. The largest absolute Gasteiger partial charge is 0.308 e. The Balaban J connectivity index is 2.48. The van der Waals surface area contributed by atoms with Gasteiger partial charge in [0, 0.05) is 17.5 Å². The third kappa shape index (κ3) is 4.23. The fourth-order valence-corrected chi connectivity index (χ4v) is 3.46. The first-order chi connectivity index (χ1) is 8.13. The van der Waals surface area contributed by atoms with Crippen LogP contribution >= 0.6 is 22.9 Å². The predicted molar refractivity (Wildman–Crippen MR) is 79.3 cm³/mol. The van der Waals surface area contributed by atoms with Crippen LogP contribution in [0.25, 0.3) is 0 Å². The van der Waals surface area contributed by atoms with Gasteiger partial charge in [-0.05, 0) is 39.8 Å². The van der Waals surface area contributed by atoms with Gasteiger partial charge in [0.2, 0.25) is 0 Å². The molecule has 0 saturated heterocycles. The van der Waals surface area contributed by atoms with Crippen LogP contribution in [-0.4, -0.2) is 25.5 Å². The smallest absolute Gasteiger partial charge is 0.156 e. The highest BCUT2D eigenvalue weighted by Gasteiger charge is 2.28.